The second kappa shape index (κ2) is 13.0. The summed E-state index contributed by atoms with van der Waals surface area (Å²) in [7, 11) is 0. The Balaban J connectivity index is 2.09. The van der Waals surface area contributed by atoms with E-state index < -0.39 is 22.9 Å². The van der Waals surface area contributed by atoms with Gasteiger partial charge in [0.15, 0.2) is 0 Å². The lowest BCUT2D eigenvalue weighted by atomic mass is 9.86. The largest absolute Gasteiger partial charge is 0.447 e. The zero-order valence-corrected chi connectivity index (χ0v) is 22.7. The molecule has 2 rings (SSSR count). The number of rotatable bonds is 10. The minimum Gasteiger partial charge on any atom is -0.447 e. The van der Waals surface area contributed by atoms with E-state index in [9.17, 15) is 14.4 Å². The van der Waals surface area contributed by atoms with Crippen LogP contribution in [0.5, 0.6) is 0 Å². The van der Waals surface area contributed by atoms with E-state index in [0.717, 1.165) is 37.9 Å². The molecule has 1 aliphatic carbocycles. The Morgan fingerprint density at radius 1 is 1.09 bits per heavy atom. The molecule has 3 amide bonds. The molecule has 9 heteroatoms. The molecule has 1 saturated heterocycles. The highest BCUT2D eigenvalue weighted by Gasteiger charge is 2.44. The first-order valence-corrected chi connectivity index (χ1v) is 13.8. The van der Waals surface area contributed by atoms with E-state index in [1.807, 2.05) is 13.8 Å². The van der Waals surface area contributed by atoms with Gasteiger partial charge in [0.1, 0.15) is 12.1 Å². The van der Waals surface area contributed by atoms with Gasteiger partial charge < -0.3 is 26.0 Å². The predicted octanol–water partition coefficient (Wildman–Crippen LogP) is 3.28. The fourth-order valence-corrected chi connectivity index (χ4v) is 5.68. The van der Waals surface area contributed by atoms with Crippen molar-refractivity contribution in [2.24, 2.45) is 17.6 Å². The molecule has 4 N–H and O–H groups in total. The monoisotopic (exact) mass is 498 g/mol. The molecule has 0 radical (unpaired) electrons. The van der Waals surface area contributed by atoms with Crippen molar-refractivity contribution in [2.75, 3.05) is 18.8 Å². The zero-order chi connectivity index (χ0) is 25.5. The average molecular weight is 499 g/mol. The highest BCUT2D eigenvalue weighted by molar-refractivity contribution is 8.00. The maximum absolute atomic E-state index is 13.8. The van der Waals surface area contributed by atoms with E-state index >= 15 is 0 Å². The van der Waals surface area contributed by atoms with Gasteiger partial charge in [-0.3, -0.25) is 9.59 Å². The standard InChI is InChI=1S/C25H46N4O4S/c1-16(2)15-34-25(5,6)21(28-24(32)33-17(3)4)23(31)29-13-7-8-20(29)22(30)27-14-18-9-11-19(26)12-10-18/h16-21H,7-15,26H2,1-6H3,(H,27,30)(H,28,32)/t18?,19?,20-,21-/m0/s1. The predicted molar refractivity (Wildman–Crippen MR) is 138 cm³/mol. The van der Waals surface area contributed by atoms with Crippen molar-refractivity contribution in [2.45, 2.75) is 109 Å². The van der Waals surface area contributed by atoms with Crippen LogP contribution in [0.15, 0.2) is 0 Å². The fraction of sp³-hybridized carbons (Fsp3) is 0.880. The van der Waals surface area contributed by atoms with Crippen LogP contribution in [0.25, 0.3) is 0 Å². The number of hydrogen-bond acceptors (Lipinski definition) is 6. The molecule has 34 heavy (non-hydrogen) atoms. The lowest BCUT2D eigenvalue weighted by Gasteiger charge is -2.37. The maximum Gasteiger partial charge on any atom is 0.408 e. The number of likely N-dealkylation sites (tertiary alicyclic amines) is 1. The molecule has 8 nitrogen and oxygen atoms in total. The van der Waals surface area contributed by atoms with Gasteiger partial charge in [-0.05, 0) is 83.8 Å². The van der Waals surface area contributed by atoms with E-state index in [0.29, 0.717) is 31.3 Å². The highest BCUT2D eigenvalue weighted by atomic mass is 32.2. The molecule has 0 bridgehead atoms. The van der Waals surface area contributed by atoms with Gasteiger partial charge in [-0.1, -0.05) is 13.8 Å². The summed E-state index contributed by atoms with van der Waals surface area (Å²) in [6.45, 7) is 12.9. The van der Waals surface area contributed by atoms with Crippen molar-refractivity contribution < 1.29 is 19.1 Å². The summed E-state index contributed by atoms with van der Waals surface area (Å²) in [4.78, 5) is 41.0. The van der Waals surface area contributed by atoms with Crippen molar-refractivity contribution in [3.63, 3.8) is 0 Å². The number of thioether (sulfide) groups is 1. The Bertz CT molecular complexity index is 692. The van der Waals surface area contributed by atoms with Gasteiger partial charge in [-0.25, -0.2) is 4.79 Å². The minimum atomic E-state index is -0.796. The second-order valence-electron chi connectivity index (χ2n) is 11.1. The minimum absolute atomic E-state index is 0.100. The molecule has 1 aliphatic heterocycles. The van der Waals surface area contributed by atoms with Crippen LogP contribution >= 0.6 is 11.8 Å². The highest BCUT2D eigenvalue weighted by Crippen LogP contribution is 2.33. The first-order chi connectivity index (χ1) is 15.9. The van der Waals surface area contributed by atoms with Crippen molar-refractivity contribution >= 4 is 29.7 Å². The van der Waals surface area contributed by atoms with Crippen LogP contribution in [0.4, 0.5) is 4.79 Å². The Hall–Kier alpha value is -1.48. The van der Waals surface area contributed by atoms with Gasteiger partial charge in [0, 0.05) is 23.9 Å². The van der Waals surface area contributed by atoms with Crippen LogP contribution in [-0.4, -0.2) is 70.6 Å². The lowest BCUT2D eigenvalue weighted by Crippen LogP contribution is -2.60. The summed E-state index contributed by atoms with van der Waals surface area (Å²) >= 11 is 1.65. The number of ether oxygens (including phenoxy) is 1. The molecule has 0 spiro atoms. The fourth-order valence-electron chi connectivity index (χ4n) is 4.59. The van der Waals surface area contributed by atoms with Crippen LogP contribution in [0.3, 0.4) is 0 Å². The molecule has 196 valence electrons. The molecular weight excluding hydrogens is 452 g/mol. The smallest absolute Gasteiger partial charge is 0.408 e. The summed E-state index contributed by atoms with van der Waals surface area (Å²) in [6, 6.07) is -1.02. The summed E-state index contributed by atoms with van der Waals surface area (Å²) in [6.07, 6.45) is 4.56. The third kappa shape index (κ3) is 8.63. The number of nitrogens with one attached hydrogen (secondary N) is 2. The summed E-state index contributed by atoms with van der Waals surface area (Å²) in [5.41, 5.74) is 5.99. The van der Waals surface area contributed by atoms with Crippen molar-refractivity contribution in [3.05, 3.63) is 0 Å². The number of alkyl carbamates (subject to hydrolysis) is 1. The van der Waals surface area contributed by atoms with Gasteiger partial charge in [0.05, 0.1) is 6.10 Å². The Morgan fingerprint density at radius 2 is 1.74 bits per heavy atom. The number of nitrogens with two attached hydrogens (primary N) is 1. The zero-order valence-electron chi connectivity index (χ0n) is 21.9. The quantitative estimate of drug-likeness (QED) is 0.426. The first kappa shape index (κ1) is 28.8. The van der Waals surface area contributed by atoms with Crippen LogP contribution in [0, 0.1) is 11.8 Å². The summed E-state index contributed by atoms with van der Waals surface area (Å²) < 4.78 is 4.72. The molecule has 0 aromatic rings. The van der Waals surface area contributed by atoms with Crippen molar-refractivity contribution in [1.29, 1.82) is 0 Å². The number of carbonyl (C=O) groups excluding carboxylic acids is 3. The topological polar surface area (TPSA) is 114 Å². The number of nitrogens with zero attached hydrogens (tertiary/aromatic N) is 1. The summed E-state index contributed by atoms with van der Waals surface area (Å²) in [5, 5.41) is 5.91. The maximum atomic E-state index is 13.8. The molecule has 0 aromatic carbocycles. The molecule has 2 atom stereocenters. The van der Waals surface area contributed by atoms with E-state index in [4.69, 9.17) is 10.5 Å². The van der Waals surface area contributed by atoms with Crippen molar-refractivity contribution in [3.8, 4) is 0 Å². The van der Waals surface area contributed by atoms with Gasteiger partial charge in [-0.2, -0.15) is 11.8 Å². The number of hydrogen-bond donors (Lipinski definition) is 3. The number of carbonyl (C=O) groups is 3. The Kier molecular flexibility index (Phi) is 11.0. The van der Waals surface area contributed by atoms with E-state index in [-0.39, 0.29) is 24.0 Å². The van der Waals surface area contributed by atoms with Crippen LogP contribution < -0.4 is 16.4 Å². The molecular formula is C25H46N4O4S. The van der Waals surface area contributed by atoms with Crippen LogP contribution in [-0.2, 0) is 14.3 Å². The molecule has 0 unspecified atom stereocenters. The van der Waals surface area contributed by atoms with E-state index in [2.05, 4.69) is 24.5 Å². The molecule has 0 aromatic heterocycles. The third-order valence-electron chi connectivity index (χ3n) is 6.63. The van der Waals surface area contributed by atoms with Crippen LogP contribution in [0.1, 0.15) is 80.1 Å². The van der Waals surface area contributed by atoms with Gasteiger partial charge >= 0.3 is 6.09 Å². The van der Waals surface area contributed by atoms with E-state index in [1.54, 1.807) is 30.5 Å². The van der Waals surface area contributed by atoms with Gasteiger partial charge in [-0.15, -0.1) is 0 Å². The Labute approximate surface area is 209 Å². The second-order valence-corrected chi connectivity index (χ2v) is 12.7. The third-order valence-corrected chi connectivity index (χ3v) is 8.44. The molecule has 2 fully saturated rings. The summed E-state index contributed by atoms with van der Waals surface area (Å²) in [5.74, 6) is 1.43. The van der Waals surface area contributed by atoms with Crippen molar-refractivity contribution in [1.82, 2.24) is 15.5 Å². The average Bonchev–Trinajstić information content (AvgIpc) is 3.24. The van der Waals surface area contributed by atoms with E-state index in [1.165, 1.54) is 0 Å². The number of amides is 3. The van der Waals surface area contributed by atoms with Gasteiger partial charge in [0.2, 0.25) is 11.8 Å². The molecule has 2 aliphatic rings. The lowest BCUT2D eigenvalue weighted by molar-refractivity contribution is -0.140. The SMILES string of the molecule is CC(C)CSC(C)(C)[C@@H](NC(=O)OC(C)C)C(=O)N1CCC[C@H]1C(=O)NCC1CCC(N)CC1. The normalized spacial score (nSPS) is 24.3. The van der Waals surface area contributed by atoms with Crippen LogP contribution in [0.2, 0.25) is 0 Å². The molecule has 1 saturated carbocycles. The molecule has 1 heterocycles. The first-order valence-electron chi connectivity index (χ1n) is 12.9. The Morgan fingerprint density at radius 3 is 2.32 bits per heavy atom. The van der Waals surface area contributed by atoms with Gasteiger partial charge in [0.25, 0.3) is 0 Å².